The highest BCUT2D eigenvalue weighted by Gasteiger charge is 2.49. The van der Waals surface area contributed by atoms with E-state index in [1.807, 2.05) is 23.1 Å². The van der Waals surface area contributed by atoms with Gasteiger partial charge in [-0.25, -0.2) is 19.2 Å². The molecule has 1 spiro atoms. The largest absolute Gasteiger partial charge is 0.506 e. The lowest BCUT2D eigenvalue weighted by Crippen LogP contribution is -2.47. The topological polar surface area (TPSA) is 93.6 Å². The number of fused-ring (bicyclic) bond motifs is 3. The van der Waals surface area contributed by atoms with Crippen molar-refractivity contribution >= 4 is 73.1 Å². The quantitative estimate of drug-likeness (QED) is 0.198. The normalized spacial score (nSPS) is 16.7. The summed E-state index contributed by atoms with van der Waals surface area (Å²) < 4.78 is 15.0. The van der Waals surface area contributed by atoms with E-state index in [0.29, 0.717) is 49.8 Å². The number of rotatable bonds is 4. The van der Waals surface area contributed by atoms with Crippen LogP contribution in [0.5, 0.6) is 5.75 Å². The third-order valence-electron chi connectivity index (χ3n) is 7.83. The SMILES string of the molecule is CC(C)(C)CN1CCC2(CC1)CN(c1ccccc1NC(=O)Nc1nc3ccc(Cl)nc3s1)c1c(O)cc(F)c(Cl)c12. The number of nitrogens with one attached hydrogen (secondary N) is 2. The third kappa shape index (κ3) is 5.48. The first-order valence-corrected chi connectivity index (χ1v) is 15.3. The number of thiazole rings is 1. The number of pyridine rings is 1. The molecule has 2 aromatic carbocycles. The number of nitrogens with zero attached hydrogens (tertiary/aromatic N) is 4. The Balaban J connectivity index is 1.30. The minimum absolute atomic E-state index is 0.0438. The smallest absolute Gasteiger partial charge is 0.325 e. The second-order valence-corrected chi connectivity index (χ2v) is 13.9. The fourth-order valence-corrected chi connectivity index (χ4v) is 7.53. The van der Waals surface area contributed by atoms with Crippen LogP contribution >= 0.6 is 34.5 Å². The maximum Gasteiger partial charge on any atom is 0.325 e. The van der Waals surface area contributed by atoms with Crippen LogP contribution in [-0.4, -0.2) is 52.2 Å². The summed E-state index contributed by atoms with van der Waals surface area (Å²) in [6.45, 7) is 9.78. The van der Waals surface area contributed by atoms with E-state index < -0.39 is 17.3 Å². The van der Waals surface area contributed by atoms with Crippen molar-refractivity contribution in [3.05, 3.63) is 64.0 Å². The molecule has 2 aliphatic heterocycles. The number of para-hydroxylation sites is 2. The van der Waals surface area contributed by atoms with E-state index in [1.54, 1.807) is 18.2 Å². The number of halogens is 3. The van der Waals surface area contributed by atoms with Crippen LogP contribution < -0.4 is 15.5 Å². The van der Waals surface area contributed by atoms with Crippen molar-refractivity contribution in [1.82, 2.24) is 14.9 Å². The number of hydrogen-bond donors (Lipinski definition) is 3. The van der Waals surface area contributed by atoms with Crippen LogP contribution in [0.4, 0.5) is 31.4 Å². The number of phenolic OH excluding ortho intramolecular Hbond substituents is 1. The molecular formula is C30H31Cl2FN6O2S. The van der Waals surface area contributed by atoms with Crippen LogP contribution in [-0.2, 0) is 5.41 Å². The molecule has 4 aromatic rings. The van der Waals surface area contributed by atoms with Crippen LogP contribution in [0.2, 0.25) is 10.2 Å². The number of carbonyl (C=O) groups is 1. The van der Waals surface area contributed by atoms with Gasteiger partial charge in [0.15, 0.2) is 5.13 Å². The summed E-state index contributed by atoms with van der Waals surface area (Å²) in [4.78, 5) is 26.8. The number of likely N-dealkylation sites (tertiary alicyclic amines) is 1. The van der Waals surface area contributed by atoms with Gasteiger partial charge < -0.3 is 20.2 Å². The van der Waals surface area contributed by atoms with Gasteiger partial charge in [-0.3, -0.25) is 5.32 Å². The molecule has 2 aliphatic rings. The number of amides is 2. The van der Waals surface area contributed by atoms with E-state index in [4.69, 9.17) is 23.2 Å². The number of phenols is 1. The van der Waals surface area contributed by atoms with Crippen LogP contribution in [0.3, 0.4) is 0 Å². The fraction of sp³-hybridized carbons (Fsp3) is 0.367. The molecule has 3 N–H and O–H groups in total. The van der Waals surface area contributed by atoms with Crippen molar-refractivity contribution in [3.8, 4) is 5.75 Å². The van der Waals surface area contributed by atoms with E-state index in [2.05, 4.69) is 46.3 Å². The van der Waals surface area contributed by atoms with Gasteiger partial charge in [-0.1, -0.05) is 67.4 Å². The molecule has 4 heterocycles. The average Bonchev–Trinajstić information content (AvgIpc) is 3.46. The van der Waals surface area contributed by atoms with E-state index in [-0.39, 0.29) is 16.2 Å². The van der Waals surface area contributed by atoms with Crippen LogP contribution in [0.15, 0.2) is 42.5 Å². The summed E-state index contributed by atoms with van der Waals surface area (Å²) in [6.07, 6.45) is 1.53. The first-order valence-electron chi connectivity index (χ1n) is 13.7. The highest BCUT2D eigenvalue weighted by Crippen LogP contribution is 2.57. The van der Waals surface area contributed by atoms with Gasteiger partial charge in [0.25, 0.3) is 0 Å². The number of aromatic hydroxyl groups is 1. The second kappa shape index (κ2) is 10.8. The summed E-state index contributed by atoms with van der Waals surface area (Å²) in [5, 5.41) is 17.5. The van der Waals surface area contributed by atoms with E-state index in [0.717, 1.165) is 38.5 Å². The Labute approximate surface area is 257 Å². The molecule has 0 unspecified atom stereocenters. The van der Waals surface area contributed by atoms with E-state index >= 15 is 0 Å². The molecule has 8 nitrogen and oxygen atoms in total. The van der Waals surface area contributed by atoms with Crippen molar-refractivity contribution in [2.45, 2.75) is 39.0 Å². The van der Waals surface area contributed by atoms with Crippen molar-refractivity contribution in [2.24, 2.45) is 5.41 Å². The molecule has 2 amide bonds. The Kier molecular flexibility index (Phi) is 7.45. The van der Waals surface area contributed by atoms with Gasteiger partial charge in [-0.05, 0) is 55.6 Å². The van der Waals surface area contributed by atoms with Crippen LogP contribution in [0, 0.1) is 11.2 Å². The molecule has 0 bridgehead atoms. The third-order valence-corrected chi connectivity index (χ3v) is 9.29. The number of urea groups is 1. The van der Waals surface area contributed by atoms with Gasteiger partial charge in [-0.15, -0.1) is 0 Å². The molecule has 6 rings (SSSR count). The van der Waals surface area contributed by atoms with Crippen molar-refractivity contribution in [2.75, 3.05) is 41.7 Å². The molecule has 0 saturated carbocycles. The minimum Gasteiger partial charge on any atom is -0.506 e. The second-order valence-electron chi connectivity index (χ2n) is 12.2. The number of anilines is 4. The van der Waals surface area contributed by atoms with Crippen LogP contribution in [0.1, 0.15) is 39.2 Å². The summed E-state index contributed by atoms with van der Waals surface area (Å²) >= 11 is 13.9. The highest BCUT2D eigenvalue weighted by molar-refractivity contribution is 7.22. The van der Waals surface area contributed by atoms with Gasteiger partial charge >= 0.3 is 6.03 Å². The molecule has 1 saturated heterocycles. The number of aromatic nitrogens is 2. The molecule has 0 atom stereocenters. The Morgan fingerprint density at radius 1 is 1.12 bits per heavy atom. The maximum absolute atomic E-state index is 15.0. The lowest BCUT2D eigenvalue weighted by molar-refractivity contribution is 0.125. The van der Waals surface area contributed by atoms with Crippen LogP contribution in [0.25, 0.3) is 10.3 Å². The summed E-state index contributed by atoms with van der Waals surface area (Å²) in [5.74, 6) is -0.815. The first kappa shape index (κ1) is 28.9. The molecule has 2 aromatic heterocycles. The lowest BCUT2D eigenvalue weighted by atomic mass is 9.73. The summed E-state index contributed by atoms with van der Waals surface area (Å²) in [7, 11) is 0. The molecule has 220 valence electrons. The fourth-order valence-electron chi connectivity index (χ4n) is 6.16. The highest BCUT2D eigenvalue weighted by atomic mass is 35.5. The molecule has 1 fully saturated rings. The van der Waals surface area contributed by atoms with Crippen molar-refractivity contribution < 1.29 is 14.3 Å². The number of carbonyl (C=O) groups excluding carboxylic acids is 1. The summed E-state index contributed by atoms with van der Waals surface area (Å²) in [6, 6.07) is 11.3. The predicted molar refractivity (Wildman–Crippen MR) is 168 cm³/mol. The van der Waals surface area contributed by atoms with Gasteiger partial charge in [0, 0.05) is 30.1 Å². The molecule has 0 aliphatic carbocycles. The van der Waals surface area contributed by atoms with Crippen molar-refractivity contribution in [3.63, 3.8) is 0 Å². The van der Waals surface area contributed by atoms with E-state index in [9.17, 15) is 14.3 Å². The van der Waals surface area contributed by atoms with Gasteiger partial charge in [-0.2, -0.15) is 0 Å². The Morgan fingerprint density at radius 3 is 2.60 bits per heavy atom. The Bertz CT molecular complexity index is 1680. The van der Waals surface area contributed by atoms with Crippen molar-refractivity contribution in [1.29, 1.82) is 0 Å². The molecule has 12 heteroatoms. The molecule has 42 heavy (non-hydrogen) atoms. The zero-order chi connectivity index (χ0) is 29.8. The average molecular weight is 630 g/mol. The van der Waals surface area contributed by atoms with E-state index in [1.165, 1.54) is 11.3 Å². The Morgan fingerprint density at radius 2 is 1.86 bits per heavy atom. The van der Waals surface area contributed by atoms with Gasteiger partial charge in [0.1, 0.15) is 27.1 Å². The zero-order valence-corrected chi connectivity index (χ0v) is 25.8. The zero-order valence-electron chi connectivity index (χ0n) is 23.5. The standard InChI is InChI=1S/C30H31Cl2FN6O2S/c1-29(2,3)15-38-12-10-30(11-13-38)16-39(25-21(40)14-17(33)24(32)23(25)30)20-7-5-4-6-18(20)34-27(41)37-28-35-19-8-9-22(31)36-26(19)42-28/h4-9,14,40H,10-13,15-16H2,1-3H3,(H2,34,35,37,41). The molecular weight excluding hydrogens is 598 g/mol. The Hall–Kier alpha value is -3.18. The number of piperidine rings is 1. The number of benzene rings is 2. The van der Waals surface area contributed by atoms with Gasteiger partial charge in [0.2, 0.25) is 0 Å². The predicted octanol–water partition coefficient (Wildman–Crippen LogP) is 8.02. The minimum atomic E-state index is -0.635. The summed E-state index contributed by atoms with van der Waals surface area (Å²) in [5.41, 5.74) is 2.64. The number of hydrogen-bond acceptors (Lipinski definition) is 7. The molecule has 0 radical (unpaired) electrons. The first-order chi connectivity index (χ1) is 19.9. The monoisotopic (exact) mass is 628 g/mol. The van der Waals surface area contributed by atoms with Gasteiger partial charge in [0.05, 0.1) is 22.1 Å². The lowest BCUT2D eigenvalue weighted by Gasteiger charge is -2.42. The maximum atomic E-state index is 15.0.